The molecule has 2 fully saturated rings. The van der Waals surface area contributed by atoms with E-state index in [-0.39, 0.29) is 0 Å². The van der Waals surface area contributed by atoms with Gasteiger partial charge in [-0.3, -0.25) is 0 Å². The zero-order valence-corrected chi connectivity index (χ0v) is 18.4. The van der Waals surface area contributed by atoms with Gasteiger partial charge in [0, 0.05) is 43.8 Å². The molecule has 1 aromatic rings. The van der Waals surface area contributed by atoms with Gasteiger partial charge in [0.15, 0.2) is 5.71 Å². The number of nitrogens with zero attached hydrogens (tertiary/aromatic N) is 3. The van der Waals surface area contributed by atoms with E-state index in [1.807, 2.05) is 0 Å². The standard InChI is InChI=1S/C24H32N3Si/c1-28(2)23-17-19(26-13-5-3-6-14-26)9-11-21(23)25-22-12-10-20(18-24(22)28)27-15-7-4-8-16-27/h9-12,17-18H,3-8,13-16H2,1-2H3/q+1. The third-order valence-corrected chi connectivity index (χ3v) is 10.5. The van der Waals surface area contributed by atoms with Crippen LogP contribution in [0, 0.1) is 0 Å². The Morgan fingerprint density at radius 2 is 1.68 bits per heavy atom. The molecule has 2 saturated heterocycles. The van der Waals surface area contributed by atoms with Crippen molar-refractivity contribution < 1.29 is 4.58 Å². The second kappa shape index (κ2) is 7.14. The Balaban J connectivity index is 1.55. The fourth-order valence-electron chi connectivity index (χ4n) is 5.22. The van der Waals surface area contributed by atoms with Crippen LogP contribution in [0.15, 0.2) is 46.6 Å². The highest BCUT2D eigenvalue weighted by atomic mass is 28.3. The average molecular weight is 391 g/mol. The number of anilines is 1. The number of hydrogen-bond acceptors (Lipinski definition) is 2. The Labute approximate surface area is 170 Å². The van der Waals surface area contributed by atoms with Crippen molar-refractivity contribution in [3.63, 3.8) is 0 Å². The quantitative estimate of drug-likeness (QED) is 0.396. The van der Waals surface area contributed by atoms with Crippen molar-refractivity contribution in [2.45, 2.75) is 51.6 Å². The second-order valence-electron chi connectivity index (χ2n) is 9.24. The summed E-state index contributed by atoms with van der Waals surface area (Å²) in [4.78, 5) is 7.65. The first-order chi connectivity index (χ1) is 13.6. The van der Waals surface area contributed by atoms with Crippen molar-refractivity contribution in [1.29, 1.82) is 0 Å². The molecule has 28 heavy (non-hydrogen) atoms. The minimum absolute atomic E-state index is 1.20. The van der Waals surface area contributed by atoms with E-state index in [1.165, 1.54) is 97.9 Å². The van der Waals surface area contributed by atoms with Crippen LogP contribution >= 0.6 is 0 Å². The van der Waals surface area contributed by atoms with E-state index in [9.17, 15) is 0 Å². The smallest absolute Gasteiger partial charge is 0.199 e. The van der Waals surface area contributed by atoms with Gasteiger partial charge in [-0.25, -0.2) is 9.57 Å². The van der Waals surface area contributed by atoms with Crippen molar-refractivity contribution in [3.05, 3.63) is 41.6 Å². The van der Waals surface area contributed by atoms with Crippen LogP contribution in [0.3, 0.4) is 0 Å². The second-order valence-corrected chi connectivity index (χ2v) is 13.6. The van der Waals surface area contributed by atoms with Gasteiger partial charge in [-0.2, -0.15) is 0 Å². The summed E-state index contributed by atoms with van der Waals surface area (Å²) in [5.74, 6) is 0. The third-order valence-electron chi connectivity index (χ3n) is 6.99. The lowest BCUT2D eigenvalue weighted by atomic mass is 10.1. The van der Waals surface area contributed by atoms with Crippen LogP contribution in [0.25, 0.3) is 0 Å². The van der Waals surface area contributed by atoms with E-state index >= 15 is 0 Å². The molecule has 4 heteroatoms. The van der Waals surface area contributed by atoms with Crippen LogP contribution in [0.5, 0.6) is 0 Å². The molecule has 0 amide bonds. The number of benzene rings is 1. The average Bonchev–Trinajstić information content (AvgIpc) is 2.75. The maximum Gasteiger partial charge on any atom is 0.199 e. The minimum Gasteiger partial charge on any atom is -0.372 e. The largest absolute Gasteiger partial charge is 0.372 e. The minimum atomic E-state index is -1.77. The molecular weight excluding hydrogens is 358 g/mol. The van der Waals surface area contributed by atoms with Crippen molar-refractivity contribution in [2.75, 3.05) is 31.1 Å². The lowest BCUT2D eigenvalue weighted by Crippen LogP contribution is -2.50. The highest BCUT2D eigenvalue weighted by Gasteiger charge is 2.38. The normalized spacial score (nSPS) is 23.7. The molecule has 4 aliphatic rings. The molecule has 0 radical (unpaired) electrons. The summed E-state index contributed by atoms with van der Waals surface area (Å²) in [6, 6.07) is 7.05. The van der Waals surface area contributed by atoms with Crippen LogP contribution in [0.1, 0.15) is 38.5 Å². The van der Waals surface area contributed by atoms with E-state index in [1.54, 1.807) is 0 Å². The van der Waals surface area contributed by atoms with Crippen molar-refractivity contribution >= 4 is 36.1 Å². The van der Waals surface area contributed by atoms with E-state index in [2.05, 4.69) is 59.0 Å². The molecule has 0 aromatic heterocycles. The van der Waals surface area contributed by atoms with Crippen LogP contribution in [-0.4, -0.2) is 50.3 Å². The highest BCUT2D eigenvalue weighted by Crippen LogP contribution is 2.33. The third kappa shape index (κ3) is 3.12. The van der Waals surface area contributed by atoms with Gasteiger partial charge in [-0.1, -0.05) is 13.1 Å². The zero-order chi connectivity index (χ0) is 19.1. The Bertz CT molecular complexity index is 906. The van der Waals surface area contributed by atoms with E-state index < -0.39 is 8.07 Å². The lowest BCUT2D eigenvalue weighted by molar-refractivity contribution is -0.535. The molecule has 0 bridgehead atoms. The zero-order valence-electron chi connectivity index (χ0n) is 17.4. The molecule has 0 spiro atoms. The topological polar surface area (TPSA) is 18.6 Å². The summed E-state index contributed by atoms with van der Waals surface area (Å²) in [5, 5.41) is 3.03. The first kappa shape index (κ1) is 18.1. The molecule has 1 aromatic carbocycles. The fourth-order valence-corrected chi connectivity index (χ4v) is 8.08. The Kier molecular flexibility index (Phi) is 4.62. The van der Waals surface area contributed by atoms with Gasteiger partial charge >= 0.3 is 0 Å². The van der Waals surface area contributed by atoms with Crippen LogP contribution in [0.2, 0.25) is 13.1 Å². The SMILES string of the molecule is C[Si]1(C)C2=CC(=[N+]3CCCCC3)C=CC2=Nc2ccc(N3CCCCC3)cc21. The van der Waals surface area contributed by atoms with Gasteiger partial charge in [-0.15, -0.1) is 0 Å². The summed E-state index contributed by atoms with van der Waals surface area (Å²) in [5.41, 5.74) is 5.22. The molecule has 0 atom stereocenters. The highest BCUT2D eigenvalue weighted by molar-refractivity contribution is 7.01. The van der Waals surface area contributed by atoms with E-state index in [0.29, 0.717) is 0 Å². The van der Waals surface area contributed by atoms with E-state index in [0.717, 1.165) is 0 Å². The fraction of sp³-hybridized carbons (Fsp3) is 0.500. The number of rotatable bonds is 1. The maximum absolute atomic E-state index is 5.07. The van der Waals surface area contributed by atoms with E-state index in [4.69, 9.17) is 4.99 Å². The molecule has 1 aliphatic carbocycles. The predicted octanol–water partition coefficient (Wildman–Crippen LogP) is 4.35. The Hall–Kier alpha value is -1.94. The lowest BCUT2D eigenvalue weighted by Gasteiger charge is -2.35. The summed E-state index contributed by atoms with van der Waals surface area (Å²) >= 11 is 0. The van der Waals surface area contributed by atoms with Crippen LogP contribution in [0.4, 0.5) is 11.4 Å². The number of fused-ring (bicyclic) bond motifs is 2. The molecule has 3 heterocycles. The molecule has 0 unspecified atom stereocenters. The first-order valence-electron chi connectivity index (χ1n) is 11.1. The van der Waals surface area contributed by atoms with Gasteiger partial charge in [0.2, 0.25) is 0 Å². The van der Waals surface area contributed by atoms with Crippen molar-refractivity contribution in [3.8, 4) is 0 Å². The summed E-state index contributed by atoms with van der Waals surface area (Å²) in [7, 11) is -1.77. The molecule has 3 aliphatic heterocycles. The molecule has 0 saturated carbocycles. The van der Waals surface area contributed by atoms with Gasteiger partial charge in [0.25, 0.3) is 0 Å². The van der Waals surface area contributed by atoms with Crippen LogP contribution in [-0.2, 0) is 0 Å². The number of aliphatic imine (C=N–C) groups is 1. The van der Waals surface area contributed by atoms with Gasteiger partial charge in [0.1, 0.15) is 21.2 Å². The number of hydrogen-bond donors (Lipinski definition) is 0. The molecule has 0 N–H and O–H groups in total. The van der Waals surface area contributed by atoms with Crippen molar-refractivity contribution in [2.24, 2.45) is 4.99 Å². The number of allylic oxidation sites excluding steroid dienone is 4. The monoisotopic (exact) mass is 390 g/mol. The molecule has 3 nitrogen and oxygen atoms in total. The summed E-state index contributed by atoms with van der Waals surface area (Å²) in [6.45, 7) is 9.83. The maximum atomic E-state index is 5.07. The predicted molar refractivity (Wildman–Crippen MR) is 123 cm³/mol. The molecule has 5 rings (SSSR count). The number of piperidine rings is 2. The van der Waals surface area contributed by atoms with Crippen LogP contribution < -0.4 is 10.1 Å². The van der Waals surface area contributed by atoms with Gasteiger partial charge < -0.3 is 4.90 Å². The molecular formula is C24H32N3Si+. The van der Waals surface area contributed by atoms with Gasteiger partial charge in [0.05, 0.1) is 11.4 Å². The Morgan fingerprint density at radius 1 is 0.929 bits per heavy atom. The molecule has 146 valence electrons. The van der Waals surface area contributed by atoms with Crippen molar-refractivity contribution in [1.82, 2.24) is 0 Å². The first-order valence-corrected chi connectivity index (χ1v) is 14.1. The van der Waals surface area contributed by atoms with Gasteiger partial charge in [-0.05, 0) is 60.3 Å². The Morgan fingerprint density at radius 3 is 2.46 bits per heavy atom. The summed E-state index contributed by atoms with van der Waals surface area (Å²) in [6.07, 6.45) is 15.1. The summed E-state index contributed by atoms with van der Waals surface area (Å²) < 4.78 is 2.58.